The molecule has 174 valence electrons. The highest BCUT2D eigenvalue weighted by Gasteiger charge is 2.32. The van der Waals surface area contributed by atoms with Crippen molar-refractivity contribution in [1.29, 1.82) is 0 Å². The predicted molar refractivity (Wildman–Crippen MR) is 134 cm³/mol. The number of fused-ring (bicyclic) bond motifs is 3. The number of aliphatic hydroxyl groups excluding tert-OH is 1. The number of aromatic nitrogens is 3. The molecule has 0 spiro atoms. The van der Waals surface area contributed by atoms with Crippen LogP contribution in [-0.2, 0) is 4.79 Å². The molecule has 0 aliphatic carbocycles. The summed E-state index contributed by atoms with van der Waals surface area (Å²) in [7, 11) is 0. The van der Waals surface area contributed by atoms with E-state index in [0.29, 0.717) is 11.6 Å². The summed E-state index contributed by atoms with van der Waals surface area (Å²) in [5.41, 5.74) is 5.82. The van der Waals surface area contributed by atoms with Gasteiger partial charge in [-0.2, -0.15) is 0 Å². The lowest BCUT2D eigenvalue weighted by atomic mass is 9.97. The van der Waals surface area contributed by atoms with Gasteiger partial charge in [-0.25, -0.2) is 0 Å². The Kier molecular flexibility index (Phi) is 5.71. The minimum absolute atomic E-state index is 0.167. The van der Waals surface area contributed by atoms with Gasteiger partial charge in [0, 0.05) is 20.9 Å². The van der Waals surface area contributed by atoms with E-state index in [1.165, 1.54) is 4.88 Å². The second kappa shape index (κ2) is 8.57. The van der Waals surface area contributed by atoms with Crippen molar-refractivity contribution in [3.05, 3.63) is 73.8 Å². The van der Waals surface area contributed by atoms with Crippen molar-refractivity contribution in [1.82, 2.24) is 14.8 Å². The van der Waals surface area contributed by atoms with E-state index in [4.69, 9.17) is 4.99 Å². The van der Waals surface area contributed by atoms with Crippen LogP contribution in [0.15, 0.2) is 40.7 Å². The monoisotopic (exact) mass is 492 g/mol. The third-order valence-electron chi connectivity index (χ3n) is 6.15. The molecular weight excluding hydrogens is 468 g/mol. The molecule has 1 aliphatic rings. The molecule has 0 saturated carbocycles. The van der Waals surface area contributed by atoms with Gasteiger partial charge in [0.05, 0.1) is 18.2 Å². The molecule has 1 aromatic carbocycles. The van der Waals surface area contributed by atoms with Crippen LogP contribution < -0.4 is 0 Å². The maximum atomic E-state index is 11.7. The molecule has 2 atom stereocenters. The fourth-order valence-electron chi connectivity index (χ4n) is 4.38. The van der Waals surface area contributed by atoms with E-state index in [1.54, 1.807) is 29.6 Å². The van der Waals surface area contributed by atoms with Crippen molar-refractivity contribution in [3.8, 4) is 16.1 Å². The summed E-state index contributed by atoms with van der Waals surface area (Å²) in [6, 6.07) is 9.47. The zero-order valence-corrected chi connectivity index (χ0v) is 20.9. The van der Waals surface area contributed by atoms with Crippen molar-refractivity contribution in [2.75, 3.05) is 0 Å². The topological polar surface area (TPSA) is 101 Å². The summed E-state index contributed by atoms with van der Waals surface area (Å²) in [6.07, 6.45) is -0.699. The van der Waals surface area contributed by atoms with Crippen molar-refractivity contribution in [3.63, 3.8) is 0 Å². The molecule has 9 heteroatoms. The van der Waals surface area contributed by atoms with Gasteiger partial charge in [0.1, 0.15) is 16.9 Å². The lowest BCUT2D eigenvalue weighted by Crippen LogP contribution is -2.10. The van der Waals surface area contributed by atoms with E-state index in [-0.39, 0.29) is 6.42 Å². The summed E-state index contributed by atoms with van der Waals surface area (Å²) in [4.78, 5) is 18.8. The highest BCUT2D eigenvalue weighted by atomic mass is 32.1. The summed E-state index contributed by atoms with van der Waals surface area (Å²) in [5, 5.41) is 31.2. The molecule has 4 heterocycles. The number of aliphatic hydroxyl groups is 1. The molecule has 0 fully saturated rings. The quantitative estimate of drug-likeness (QED) is 0.388. The third kappa shape index (κ3) is 3.70. The van der Waals surface area contributed by atoms with Crippen LogP contribution in [0.25, 0.3) is 16.1 Å². The number of thiophene rings is 2. The van der Waals surface area contributed by atoms with Gasteiger partial charge in [-0.05, 0) is 55.8 Å². The predicted octanol–water partition coefficient (Wildman–Crippen LogP) is 5.40. The number of rotatable bonds is 5. The number of carbonyl (C=O) groups is 1. The van der Waals surface area contributed by atoms with Crippen LogP contribution in [-0.4, -0.2) is 36.7 Å². The van der Waals surface area contributed by atoms with E-state index in [0.717, 1.165) is 43.4 Å². The number of aryl methyl sites for hydroxylation is 2. The molecule has 0 bridgehead atoms. The highest BCUT2D eigenvalue weighted by Crippen LogP contribution is 2.40. The molecule has 5 rings (SSSR count). The van der Waals surface area contributed by atoms with Crippen molar-refractivity contribution in [2.24, 2.45) is 4.99 Å². The molecule has 0 radical (unpaired) electrons. The fourth-order valence-corrected chi connectivity index (χ4v) is 6.46. The van der Waals surface area contributed by atoms with E-state index >= 15 is 0 Å². The first kappa shape index (κ1) is 22.6. The number of benzene rings is 1. The van der Waals surface area contributed by atoms with Crippen molar-refractivity contribution < 1.29 is 15.0 Å². The maximum Gasteiger partial charge on any atom is 0.306 e. The zero-order valence-electron chi connectivity index (χ0n) is 19.2. The SMILES string of the molecule is Cc1sc2c(c1C)C(c1ccc(-c3ccsc3C(C)O)cc1)=NC(CC(=O)O)c1nnc(C)n1-2. The minimum atomic E-state index is -0.933. The van der Waals surface area contributed by atoms with Gasteiger partial charge in [0.2, 0.25) is 0 Å². The van der Waals surface area contributed by atoms with E-state index < -0.39 is 18.1 Å². The Morgan fingerprint density at radius 2 is 1.82 bits per heavy atom. The second-order valence-corrected chi connectivity index (χ2v) is 10.6. The smallest absolute Gasteiger partial charge is 0.306 e. The zero-order chi connectivity index (χ0) is 24.1. The lowest BCUT2D eigenvalue weighted by molar-refractivity contribution is -0.137. The standard InChI is InChI=1S/C25H24N4O3S2/c1-12-14(3)34-25-21(12)22(26-19(11-20(31)32)24-28-27-15(4)29(24)25)17-7-5-16(6-8-17)18-9-10-33-23(18)13(2)30/h5-10,13,19,30H,11H2,1-4H3,(H,31,32). The molecule has 4 aromatic rings. The van der Waals surface area contributed by atoms with Gasteiger partial charge in [-0.15, -0.1) is 32.9 Å². The first-order valence-corrected chi connectivity index (χ1v) is 12.6. The Bertz CT molecular complexity index is 1430. The van der Waals surface area contributed by atoms with Crippen molar-refractivity contribution >= 4 is 34.4 Å². The maximum absolute atomic E-state index is 11.7. The lowest BCUT2D eigenvalue weighted by Gasteiger charge is -2.12. The Balaban J connectivity index is 1.68. The largest absolute Gasteiger partial charge is 0.481 e. The van der Waals surface area contributed by atoms with Crippen LogP contribution in [0.4, 0.5) is 0 Å². The van der Waals surface area contributed by atoms with E-state index in [2.05, 4.69) is 24.0 Å². The molecule has 3 aromatic heterocycles. The molecule has 1 aliphatic heterocycles. The van der Waals surface area contributed by atoms with E-state index in [9.17, 15) is 15.0 Å². The Morgan fingerprint density at radius 1 is 1.12 bits per heavy atom. The minimum Gasteiger partial charge on any atom is -0.481 e. The average Bonchev–Trinajstić information content (AvgIpc) is 3.48. The Labute approximate surface area is 205 Å². The number of hydrogen-bond acceptors (Lipinski definition) is 7. The number of nitrogens with zero attached hydrogens (tertiary/aromatic N) is 4. The molecule has 2 N–H and O–H groups in total. The normalized spacial score (nSPS) is 15.9. The number of hydrogen-bond donors (Lipinski definition) is 2. The van der Waals surface area contributed by atoms with Gasteiger partial charge in [-0.1, -0.05) is 24.3 Å². The fraction of sp³-hybridized carbons (Fsp3) is 0.280. The molecule has 34 heavy (non-hydrogen) atoms. The first-order chi connectivity index (χ1) is 16.3. The van der Waals surface area contributed by atoms with Gasteiger partial charge in [0.25, 0.3) is 0 Å². The van der Waals surface area contributed by atoms with Crippen LogP contribution in [0.5, 0.6) is 0 Å². The summed E-state index contributed by atoms with van der Waals surface area (Å²) < 4.78 is 1.96. The molecule has 0 saturated heterocycles. The number of carboxylic acid groups (broad SMARTS) is 1. The van der Waals surface area contributed by atoms with Crippen LogP contribution in [0, 0.1) is 20.8 Å². The van der Waals surface area contributed by atoms with Crippen LogP contribution >= 0.6 is 22.7 Å². The van der Waals surface area contributed by atoms with E-state index in [1.807, 2.05) is 47.2 Å². The molecule has 0 amide bonds. The van der Waals surface area contributed by atoms with Gasteiger partial charge >= 0.3 is 5.97 Å². The van der Waals surface area contributed by atoms with Crippen LogP contribution in [0.2, 0.25) is 0 Å². The highest BCUT2D eigenvalue weighted by molar-refractivity contribution is 7.15. The Hall–Kier alpha value is -3.14. The number of carboxylic acids is 1. The number of aliphatic carboxylic acids is 1. The Morgan fingerprint density at radius 3 is 2.50 bits per heavy atom. The van der Waals surface area contributed by atoms with Gasteiger partial charge in [-0.3, -0.25) is 14.4 Å². The van der Waals surface area contributed by atoms with Gasteiger partial charge in [0.15, 0.2) is 5.82 Å². The first-order valence-electron chi connectivity index (χ1n) is 10.9. The van der Waals surface area contributed by atoms with Crippen LogP contribution in [0.3, 0.4) is 0 Å². The van der Waals surface area contributed by atoms with Crippen molar-refractivity contribution in [2.45, 2.75) is 46.3 Å². The summed E-state index contributed by atoms with van der Waals surface area (Å²) >= 11 is 3.19. The summed E-state index contributed by atoms with van der Waals surface area (Å²) in [5.74, 6) is 0.327. The van der Waals surface area contributed by atoms with Crippen LogP contribution in [0.1, 0.15) is 63.6 Å². The molecular formula is C25H24N4O3S2. The molecule has 2 unspecified atom stereocenters. The molecule has 7 nitrogen and oxygen atoms in total. The third-order valence-corrected chi connectivity index (χ3v) is 8.43. The van der Waals surface area contributed by atoms with Gasteiger partial charge < -0.3 is 10.2 Å². The number of aliphatic imine (C=N–C) groups is 1. The average molecular weight is 493 g/mol. The second-order valence-electron chi connectivity index (χ2n) is 8.45. The summed E-state index contributed by atoms with van der Waals surface area (Å²) in [6.45, 7) is 7.81.